The van der Waals surface area contributed by atoms with Crippen molar-refractivity contribution in [1.29, 1.82) is 0 Å². The van der Waals surface area contributed by atoms with Gasteiger partial charge in [-0.05, 0) is 57.7 Å². The maximum absolute atomic E-state index is 10.9. The second-order valence-corrected chi connectivity index (χ2v) is 6.36. The Balaban J connectivity index is 2.13. The molecule has 0 radical (unpaired) electrons. The highest BCUT2D eigenvalue weighted by molar-refractivity contribution is 5.66. The van der Waals surface area contributed by atoms with E-state index in [1.807, 2.05) is 0 Å². The van der Waals surface area contributed by atoms with Crippen LogP contribution in [0.5, 0.6) is 0 Å². The summed E-state index contributed by atoms with van der Waals surface area (Å²) >= 11 is 0. The van der Waals surface area contributed by atoms with E-state index in [0.29, 0.717) is 12.1 Å². The third-order valence-corrected chi connectivity index (χ3v) is 4.74. The molecule has 0 aromatic heterocycles. The Morgan fingerprint density at radius 1 is 1.38 bits per heavy atom. The molecule has 0 bridgehead atoms. The molecule has 3 heteroatoms. The number of benzene rings is 1. The molecule has 2 rings (SSSR count). The molecule has 1 N–H and O–H groups in total. The highest BCUT2D eigenvalue weighted by Gasteiger charge is 2.28. The summed E-state index contributed by atoms with van der Waals surface area (Å²) in [5, 5.41) is 8.94. The van der Waals surface area contributed by atoms with Gasteiger partial charge in [-0.15, -0.1) is 0 Å². The minimum Gasteiger partial charge on any atom is -0.481 e. The first kappa shape index (κ1) is 16.0. The van der Waals surface area contributed by atoms with Gasteiger partial charge < -0.3 is 5.11 Å². The Hall–Kier alpha value is -1.35. The summed E-state index contributed by atoms with van der Waals surface area (Å²) in [5.74, 6) is -0.681. The normalized spacial score (nSPS) is 21.2. The minimum absolute atomic E-state index is 0.279. The van der Waals surface area contributed by atoms with Gasteiger partial charge in [0.05, 0.1) is 0 Å². The maximum atomic E-state index is 10.9. The van der Waals surface area contributed by atoms with Crippen LogP contribution in [-0.2, 0) is 4.79 Å². The molecule has 2 unspecified atom stereocenters. The van der Waals surface area contributed by atoms with Crippen molar-refractivity contribution < 1.29 is 9.90 Å². The number of carbonyl (C=O) groups is 1. The number of hydrogen-bond donors (Lipinski definition) is 1. The van der Waals surface area contributed by atoms with E-state index in [2.05, 4.69) is 43.9 Å². The fraction of sp³-hybridized carbons (Fsp3) is 0.611. The molecule has 116 valence electrons. The monoisotopic (exact) mass is 289 g/mol. The Morgan fingerprint density at radius 2 is 2.14 bits per heavy atom. The second-order valence-electron chi connectivity index (χ2n) is 6.36. The number of likely N-dealkylation sites (tertiary alicyclic amines) is 1. The fourth-order valence-electron chi connectivity index (χ4n) is 3.61. The smallest absolute Gasteiger partial charge is 0.303 e. The average molecular weight is 289 g/mol. The van der Waals surface area contributed by atoms with Gasteiger partial charge in [0, 0.05) is 18.5 Å². The molecule has 1 fully saturated rings. The van der Waals surface area contributed by atoms with Crippen LogP contribution in [0, 0.1) is 13.8 Å². The number of rotatable bonds is 5. The second kappa shape index (κ2) is 7.08. The standard InChI is InChI=1S/C18H27NO2/c1-13-7-9-17(14(2)12-13)15(3)19-11-5-4-6-16(19)8-10-18(20)21/h7,9,12,15-16H,4-6,8,10-11H2,1-3H3,(H,20,21). The summed E-state index contributed by atoms with van der Waals surface area (Å²) in [6.45, 7) is 7.64. The van der Waals surface area contributed by atoms with Gasteiger partial charge in [-0.3, -0.25) is 9.69 Å². The van der Waals surface area contributed by atoms with Gasteiger partial charge in [-0.2, -0.15) is 0 Å². The summed E-state index contributed by atoms with van der Waals surface area (Å²) in [4.78, 5) is 13.4. The van der Waals surface area contributed by atoms with Gasteiger partial charge in [0.1, 0.15) is 0 Å². The first-order valence-electron chi connectivity index (χ1n) is 8.03. The van der Waals surface area contributed by atoms with Crippen LogP contribution in [0.3, 0.4) is 0 Å². The van der Waals surface area contributed by atoms with E-state index in [1.54, 1.807) is 0 Å². The van der Waals surface area contributed by atoms with E-state index in [1.165, 1.54) is 29.5 Å². The summed E-state index contributed by atoms with van der Waals surface area (Å²) in [7, 11) is 0. The number of aliphatic carboxylic acids is 1. The third-order valence-electron chi connectivity index (χ3n) is 4.74. The Labute approximate surface area is 128 Å². The van der Waals surface area contributed by atoms with Crippen molar-refractivity contribution in [2.45, 2.75) is 65.0 Å². The SMILES string of the molecule is Cc1ccc(C(C)N2CCCCC2CCC(=O)O)c(C)c1. The van der Waals surface area contributed by atoms with Crippen LogP contribution in [0.25, 0.3) is 0 Å². The highest BCUT2D eigenvalue weighted by Crippen LogP contribution is 2.32. The lowest BCUT2D eigenvalue weighted by molar-refractivity contribution is -0.137. The first-order valence-corrected chi connectivity index (χ1v) is 8.03. The number of hydrogen-bond acceptors (Lipinski definition) is 2. The van der Waals surface area contributed by atoms with Crippen molar-refractivity contribution in [3.05, 3.63) is 34.9 Å². The lowest BCUT2D eigenvalue weighted by Gasteiger charge is -2.40. The van der Waals surface area contributed by atoms with Crippen LogP contribution < -0.4 is 0 Å². The molecule has 3 nitrogen and oxygen atoms in total. The number of carboxylic acid groups (broad SMARTS) is 1. The Morgan fingerprint density at radius 3 is 2.81 bits per heavy atom. The van der Waals surface area contributed by atoms with E-state index in [9.17, 15) is 4.79 Å². The summed E-state index contributed by atoms with van der Waals surface area (Å²) in [6.07, 6.45) is 4.62. The number of piperidine rings is 1. The molecule has 2 atom stereocenters. The predicted molar refractivity (Wildman–Crippen MR) is 85.5 cm³/mol. The highest BCUT2D eigenvalue weighted by atomic mass is 16.4. The topological polar surface area (TPSA) is 40.5 Å². The van der Waals surface area contributed by atoms with Crippen LogP contribution in [0.4, 0.5) is 0 Å². The molecule has 1 heterocycles. The fourth-order valence-corrected chi connectivity index (χ4v) is 3.61. The molecule has 1 aliphatic rings. The van der Waals surface area contributed by atoms with Crippen molar-refractivity contribution in [3.8, 4) is 0 Å². The lowest BCUT2D eigenvalue weighted by atomic mass is 9.92. The summed E-state index contributed by atoms with van der Waals surface area (Å²) in [6, 6.07) is 7.42. The van der Waals surface area contributed by atoms with Crippen molar-refractivity contribution in [3.63, 3.8) is 0 Å². The molecule has 0 aliphatic carbocycles. The maximum Gasteiger partial charge on any atom is 0.303 e. The van der Waals surface area contributed by atoms with Crippen molar-refractivity contribution in [1.82, 2.24) is 4.90 Å². The average Bonchev–Trinajstić information content (AvgIpc) is 2.45. The van der Waals surface area contributed by atoms with E-state index in [-0.39, 0.29) is 6.42 Å². The quantitative estimate of drug-likeness (QED) is 0.887. The number of nitrogens with zero attached hydrogens (tertiary/aromatic N) is 1. The van der Waals surface area contributed by atoms with Gasteiger partial charge in [-0.25, -0.2) is 0 Å². The van der Waals surface area contributed by atoms with Crippen LogP contribution in [-0.4, -0.2) is 28.6 Å². The third kappa shape index (κ3) is 4.07. The zero-order chi connectivity index (χ0) is 15.4. The zero-order valence-electron chi connectivity index (χ0n) is 13.4. The van der Waals surface area contributed by atoms with Crippen molar-refractivity contribution in [2.75, 3.05) is 6.54 Å². The van der Waals surface area contributed by atoms with Crippen LogP contribution >= 0.6 is 0 Å². The molecule has 21 heavy (non-hydrogen) atoms. The van der Waals surface area contributed by atoms with E-state index >= 15 is 0 Å². The molecule has 0 saturated carbocycles. The van der Waals surface area contributed by atoms with Crippen molar-refractivity contribution >= 4 is 5.97 Å². The minimum atomic E-state index is -0.681. The van der Waals surface area contributed by atoms with Crippen LogP contribution in [0.2, 0.25) is 0 Å². The Bertz CT molecular complexity index is 498. The van der Waals surface area contributed by atoms with Crippen LogP contribution in [0.15, 0.2) is 18.2 Å². The predicted octanol–water partition coefficient (Wildman–Crippen LogP) is 4.08. The largest absolute Gasteiger partial charge is 0.481 e. The molecular formula is C18H27NO2. The van der Waals surface area contributed by atoms with Gasteiger partial charge in [0.25, 0.3) is 0 Å². The molecule has 0 spiro atoms. The molecule has 0 amide bonds. The number of carboxylic acids is 1. The zero-order valence-corrected chi connectivity index (χ0v) is 13.4. The van der Waals surface area contributed by atoms with Gasteiger partial charge in [0.15, 0.2) is 0 Å². The van der Waals surface area contributed by atoms with Crippen molar-refractivity contribution in [2.24, 2.45) is 0 Å². The Kier molecular flexibility index (Phi) is 5.40. The molecule has 1 saturated heterocycles. The van der Waals surface area contributed by atoms with Gasteiger partial charge >= 0.3 is 5.97 Å². The molecule has 1 aliphatic heterocycles. The van der Waals surface area contributed by atoms with Gasteiger partial charge in [0.2, 0.25) is 0 Å². The lowest BCUT2D eigenvalue weighted by Crippen LogP contribution is -2.41. The molecule has 1 aromatic rings. The van der Waals surface area contributed by atoms with E-state index in [0.717, 1.165) is 19.4 Å². The van der Waals surface area contributed by atoms with Gasteiger partial charge in [-0.1, -0.05) is 30.2 Å². The summed E-state index contributed by atoms with van der Waals surface area (Å²) < 4.78 is 0. The number of aryl methyl sites for hydroxylation is 2. The molecular weight excluding hydrogens is 262 g/mol. The molecule has 1 aromatic carbocycles. The van der Waals surface area contributed by atoms with Crippen LogP contribution in [0.1, 0.15) is 61.8 Å². The summed E-state index contributed by atoms with van der Waals surface area (Å²) in [5.41, 5.74) is 4.01. The first-order chi connectivity index (χ1) is 9.99. The van der Waals surface area contributed by atoms with E-state index in [4.69, 9.17) is 5.11 Å². The van der Waals surface area contributed by atoms with E-state index < -0.39 is 5.97 Å².